The Labute approximate surface area is 93.1 Å². The second-order valence-electron chi connectivity index (χ2n) is 4.69. The summed E-state index contributed by atoms with van der Waals surface area (Å²) in [6.45, 7) is 8.50. The zero-order valence-corrected chi connectivity index (χ0v) is 10.2. The van der Waals surface area contributed by atoms with Crippen molar-refractivity contribution < 1.29 is 5.11 Å². The van der Waals surface area contributed by atoms with E-state index in [9.17, 15) is 5.11 Å². The first-order valence-corrected chi connectivity index (χ1v) is 5.79. The highest BCUT2D eigenvalue weighted by Gasteiger charge is 2.11. The monoisotopic (exact) mass is 206 g/mol. The standard InChI is InChI=1S/C14H22O/c1-5-10(2)9-14(15)13-7-11(3)6-12(4)8-13/h6-8,10,14-15H,5,9H2,1-4H3. The molecule has 0 aliphatic carbocycles. The van der Waals surface area contributed by atoms with Gasteiger partial charge in [0.25, 0.3) is 0 Å². The molecular formula is C14H22O. The van der Waals surface area contributed by atoms with Crippen LogP contribution in [0, 0.1) is 19.8 Å². The Balaban J connectivity index is 2.77. The van der Waals surface area contributed by atoms with Gasteiger partial charge >= 0.3 is 0 Å². The second-order valence-corrected chi connectivity index (χ2v) is 4.69. The van der Waals surface area contributed by atoms with Crippen molar-refractivity contribution in [3.63, 3.8) is 0 Å². The van der Waals surface area contributed by atoms with E-state index in [1.54, 1.807) is 0 Å². The van der Waals surface area contributed by atoms with Crippen LogP contribution in [0.25, 0.3) is 0 Å². The van der Waals surface area contributed by atoms with Gasteiger partial charge in [-0.25, -0.2) is 0 Å². The number of aliphatic hydroxyl groups excluding tert-OH is 1. The number of benzene rings is 1. The Morgan fingerprint density at radius 2 is 1.67 bits per heavy atom. The minimum absolute atomic E-state index is 0.307. The number of aliphatic hydroxyl groups is 1. The van der Waals surface area contributed by atoms with Crippen molar-refractivity contribution >= 4 is 0 Å². The maximum atomic E-state index is 10.1. The molecule has 0 spiro atoms. The summed E-state index contributed by atoms with van der Waals surface area (Å²) in [6.07, 6.45) is 1.68. The van der Waals surface area contributed by atoms with Gasteiger partial charge in [0.05, 0.1) is 6.10 Å². The largest absolute Gasteiger partial charge is 0.388 e. The van der Waals surface area contributed by atoms with Crippen molar-refractivity contribution in [2.75, 3.05) is 0 Å². The maximum absolute atomic E-state index is 10.1. The van der Waals surface area contributed by atoms with Gasteiger partial charge < -0.3 is 5.11 Å². The minimum atomic E-state index is -0.307. The first kappa shape index (κ1) is 12.3. The van der Waals surface area contributed by atoms with Crippen LogP contribution in [-0.4, -0.2) is 5.11 Å². The van der Waals surface area contributed by atoms with Crippen molar-refractivity contribution in [2.45, 2.75) is 46.6 Å². The Hall–Kier alpha value is -0.820. The van der Waals surface area contributed by atoms with Gasteiger partial charge in [0.15, 0.2) is 0 Å². The Bertz CT molecular complexity index is 297. The SMILES string of the molecule is CCC(C)CC(O)c1cc(C)cc(C)c1. The average molecular weight is 206 g/mol. The van der Waals surface area contributed by atoms with Crippen molar-refractivity contribution in [3.05, 3.63) is 34.9 Å². The van der Waals surface area contributed by atoms with E-state index in [4.69, 9.17) is 0 Å². The van der Waals surface area contributed by atoms with Crippen LogP contribution in [0.5, 0.6) is 0 Å². The third kappa shape index (κ3) is 3.67. The highest BCUT2D eigenvalue weighted by molar-refractivity contribution is 5.29. The molecule has 0 heterocycles. The van der Waals surface area contributed by atoms with E-state index in [1.807, 2.05) is 0 Å². The zero-order chi connectivity index (χ0) is 11.4. The van der Waals surface area contributed by atoms with E-state index < -0.39 is 0 Å². The van der Waals surface area contributed by atoms with Gasteiger partial charge in [-0.1, -0.05) is 49.6 Å². The summed E-state index contributed by atoms with van der Waals surface area (Å²) < 4.78 is 0. The zero-order valence-electron chi connectivity index (χ0n) is 10.2. The fourth-order valence-corrected chi connectivity index (χ4v) is 1.89. The van der Waals surface area contributed by atoms with Gasteiger partial charge in [-0.2, -0.15) is 0 Å². The van der Waals surface area contributed by atoms with Gasteiger partial charge in [0.2, 0.25) is 0 Å². The van der Waals surface area contributed by atoms with E-state index >= 15 is 0 Å². The molecule has 0 aliphatic rings. The molecule has 1 N–H and O–H groups in total. The summed E-state index contributed by atoms with van der Waals surface area (Å²) in [5.41, 5.74) is 3.52. The molecule has 1 nitrogen and oxygen atoms in total. The first-order chi connectivity index (χ1) is 7.02. The minimum Gasteiger partial charge on any atom is -0.388 e. The fraction of sp³-hybridized carbons (Fsp3) is 0.571. The van der Waals surface area contributed by atoms with E-state index in [0.29, 0.717) is 5.92 Å². The lowest BCUT2D eigenvalue weighted by Crippen LogP contribution is -2.04. The normalized spacial score (nSPS) is 15.0. The van der Waals surface area contributed by atoms with Crippen molar-refractivity contribution in [1.82, 2.24) is 0 Å². The molecule has 0 aromatic heterocycles. The molecule has 0 saturated heterocycles. The number of hydrogen-bond donors (Lipinski definition) is 1. The molecule has 1 aromatic rings. The van der Waals surface area contributed by atoms with Crippen LogP contribution in [-0.2, 0) is 0 Å². The topological polar surface area (TPSA) is 20.2 Å². The lowest BCUT2D eigenvalue weighted by molar-refractivity contribution is 0.146. The van der Waals surface area contributed by atoms with Crippen molar-refractivity contribution in [1.29, 1.82) is 0 Å². The van der Waals surface area contributed by atoms with Crippen LogP contribution in [0.2, 0.25) is 0 Å². The lowest BCUT2D eigenvalue weighted by Gasteiger charge is -2.16. The van der Waals surface area contributed by atoms with Gasteiger partial charge in [0.1, 0.15) is 0 Å². The van der Waals surface area contributed by atoms with Crippen LogP contribution in [0.1, 0.15) is 49.5 Å². The Kier molecular flexibility index (Phi) is 4.34. The summed E-state index contributed by atoms with van der Waals surface area (Å²) in [6, 6.07) is 6.31. The molecule has 0 aliphatic heterocycles. The molecule has 0 amide bonds. The van der Waals surface area contributed by atoms with Crippen LogP contribution in [0.15, 0.2) is 18.2 Å². The molecule has 0 bridgehead atoms. The average Bonchev–Trinajstić information content (AvgIpc) is 2.16. The quantitative estimate of drug-likeness (QED) is 0.795. The number of rotatable bonds is 4. The van der Waals surface area contributed by atoms with Gasteiger partial charge in [-0.15, -0.1) is 0 Å². The Morgan fingerprint density at radius 1 is 1.13 bits per heavy atom. The molecule has 2 atom stereocenters. The highest BCUT2D eigenvalue weighted by Crippen LogP contribution is 2.24. The van der Waals surface area contributed by atoms with Crippen molar-refractivity contribution in [3.8, 4) is 0 Å². The summed E-state index contributed by atoms with van der Waals surface area (Å²) in [5, 5.41) is 10.1. The molecule has 2 unspecified atom stereocenters. The Morgan fingerprint density at radius 3 is 2.13 bits per heavy atom. The molecule has 0 radical (unpaired) electrons. The van der Waals surface area contributed by atoms with Crippen LogP contribution in [0.3, 0.4) is 0 Å². The molecule has 1 aromatic carbocycles. The van der Waals surface area contributed by atoms with Crippen molar-refractivity contribution in [2.24, 2.45) is 5.92 Å². The van der Waals surface area contributed by atoms with E-state index in [-0.39, 0.29) is 6.10 Å². The first-order valence-electron chi connectivity index (χ1n) is 5.79. The third-order valence-corrected chi connectivity index (χ3v) is 2.95. The summed E-state index contributed by atoms with van der Waals surface area (Å²) in [4.78, 5) is 0. The molecule has 84 valence electrons. The molecular weight excluding hydrogens is 184 g/mol. The second kappa shape index (κ2) is 5.32. The van der Waals surface area contributed by atoms with Gasteiger partial charge in [-0.05, 0) is 31.7 Å². The number of hydrogen-bond acceptors (Lipinski definition) is 1. The summed E-state index contributed by atoms with van der Waals surface area (Å²) in [7, 11) is 0. The molecule has 1 heteroatoms. The van der Waals surface area contributed by atoms with E-state index in [1.165, 1.54) is 11.1 Å². The van der Waals surface area contributed by atoms with Crippen LogP contribution >= 0.6 is 0 Å². The molecule has 1 rings (SSSR count). The summed E-state index contributed by atoms with van der Waals surface area (Å²) >= 11 is 0. The lowest BCUT2D eigenvalue weighted by atomic mass is 9.94. The van der Waals surface area contributed by atoms with Gasteiger partial charge in [0, 0.05) is 0 Å². The number of aryl methyl sites for hydroxylation is 2. The third-order valence-electron chi connectivity index (χ3n) is 2.95. The van der Waals surface area contributed by atoms with Gasteiger partial charge in [-0.3, -0.25) is 0 Å². The van der Waals surface area contributed by atoms with E-state index in [2.05, 4.69) is 45.9 Å². The van der Waals surface area contributed by atoms with E-state index in [0.717, 1.165) is 18.4 Å². The maximum Gasteiger partial charge on any atom is 0.0792 e. The molecule has 0 saturated carbocycles. The summed E-state index contributed by atoms with van der Waals surface area (Å²) in [5.74, 6) is 0.584. The fourth-order valence-electron chi connectivity index (χ4n) is 1.89. The predicted octanol–water partition coefficient (Wildman–Crippen LogP) is 3.77. The molecule has 15 heavy (non-hydrogen) atoms. The molecule has 0 fully saturated rings. The highest BCUT2D eigenvalue weighted by atomic mass is 16.3. The van der Waals surface area contributed by atoms with Crippen LogP contribution < -0.4 is 0 Å². The predicted molar refractivity (Wildman–Crippen MR) is 64.9 cm³/mol. The van der Waals surface area contributed by atoms with Crippen LogP contribution in [0.4, 0.5) is 0 Å². The smallest absolute Gasteiger partial charge is 0.0792 e.